The standard InChI is InChI=1S/C22H24N4O5/c1-4-11-31-21(28)15-9-10-18(23-13-15)26(14-16-7-5-6-8-17(16)27)22-24-19(29-2)12-20(25-22)30-3/h5-10,12-13,27H,4,11,14H2,1-3H3. The van der Waals surface area contributed by atoms with Crippen molar-refractivity contribution in [1.82, 2.24) is 15.0 Å². The molecule has 0 spiro atoms. The number of esters is 1. The van der Waals surface area contributed by atoms with E-state index in [1.165, 1.54) is 20.4 Å². The van der Waals surface area contributed by atoms with Crippen molar-refractivity contribution in [3.05, 3.63) is 59.8 Å². The number of hydrogen-bond acceptors (Lipinski definition) is 9. The zero-order valence-corrected chi connectivity index (χ0v) is 17.6. The highest BCUT2D eigenvalue weighted by Crippen LogP contribution is 2.29. The van der Waals surface area contributed by atoms with Crippen LogP contribution in [0.25, 0.3) is 0 Å². The lowest BCUT2D eigenvalue weighted by Gasteiger charge is -2.23. The number of phenols is 1. The molecule has 0 fully saturated rings. The fraction of sp³-hybridized carbons (Fsp3) is 0.273. The van der Waals surface area contributed by atoms with Crippen LogP contribution in [0, 0.1) is 0 Å². The van der Waals surface area contributed by atoms with Crippen molar-refractivity contribution in [1.29, 1.82) is 0 Å². The van der Waals surface area contributed by atoms with Gasteiger partial charge in [0.05, 0.1) is 39.0 Å². The highest BCUT2D eigenvalue weighted by atomic mass is 16.5. The lowest BCUT2D eigenvalue weighted by atomic mass is 10.2. The molecule has 0 aliphatic heterocycles. The molecule has 2 aromatic heterocycles. The molecule has 9 nitrogen and oxygen atoms in total. The summed E-state index contributed by atoms with van der Waals surface area (Å²) in [6.07, 6.45) is 2.17. The Morgan fingerprint density at radius 1 is 1.06 bits per heavy atom. The molecule has 0 atom stereocenters. The molecule has 0 aliphatic rings. The van der Waals surface area contributed by atoms with Gasteiger partial charge in [0.25, 0.3) is 0 Å². The second-order valence-electron chi connectivity index (χ2n) is 6.51. The summed E-state index contributed by atoms with van der Waals surface area (Å²) >= 11 is 0. The largest absolute Gasteiger partial charge is 0.508 e. The Hall–Kier alpha value is -3.88. The van der Waals surface area contributed by atoms with Crippen molar-refractivity contribution in [3.63, 3.8) is 0 Å². The number of carbonyl (C=O) groups excluding carboxylic acids is 1. The van der Waals surface area contributed by atoms with Gasteiger partial charge in [-0.1, -0.05) is 25.1 Å². The van der Waals surface area contributed by atoms with Gasteiger partial charge in [0.1, 0.15) is 11.6 Å². The Bertz CT molecular complexity index is 1000. The van der Waals surface area contributed by atoms with Gasteiger partial charge < -0.3 is 19.3 Å². The maximum absolute atomic E-state index is 12.1. The molecule has 1 aromatic carbocycles. The lowest BCUT2D eigenvalue weighted by molar-refractivity contribution is 0.0504. The second kappa shape index (κ2) is 10.2. The van der Waals surface area contributed by atoms with Gasteiger partial charge >= 0.3 is 5.97 Å². The predicted molar refractivity (Wildman–Crippen MR) is 114 cm³/mol. The number of rotatable bonds is 9. The van der Waals surface area contributed by atoms with Crippen LogP contribution in [0.5, 0.6) is 17.5 Å². The highest BCUT2D eigenvalue weighted by Gasteiger charge is 2.19. The van der Waals surface area contributed by atoms with E-state index < -0.39 is 5.97 Å². The quantitative estimate of drug-likeness (QED) is 0.516. The van der Waals surface area contributed by atoms with Crippen LogP contribution >= 0.6 is 0 Å². The summed E-state index contributed by atoms with van der Waals surface area (Å²) in [5.74, 6) is 1.03. The van der Waals surface area contributed by atoms with E-state index in [-0.39, 0.29) is 18.2 Å². The molecule has 0 bridgehead atoms. The first-order chi connectivity index (χ1) is 15.0. The van der Waals surface area contributed by atoms with Crippen molar-refractivity contribution in [3.8, 4) is 17.5 Å². The first-order valence-corrected chi connectivity index (χ1v) is 9.70. The number of nitrogens with zero attached hydrogens (tertiary/aromatic N) is 4. The zero-order valence-electron chi connectivity index (χ0n) is 17.6. The Balaban J connectivity index is 2.00. The van der Waals surface area contributed by atoms with Crippen molar-refractivity contribution in [2.45, 2.75) is 19.9 Å². The number of ether oxygens (including phenoxy) is 3. The Kier molecular flexibility index (Phi) is 7.21. The van der Waals surface area contributed by atoms with E-state index in [4.69, 9.17) is 14.2 Å². The van der Waals surface area contributed by atoms with Gasteiger partial charge in [0.15, 0.2) is 0 Å². The lowest BCUT2D eigenvalue weighted by Crippen LogP contribution is -2.21. The summed E-state index contributed by atoms with van der Waals surface area (Å²) in [4.78, 5) is 27.0. The molecule has 1 N–H and O–H groups in total. The number of aromatic nitrogens is 3. The number of para-hydroxylation sites is 1. The maximum Gasteiger partial charge on any atom is 0.339 e. The second-order valence-corrected chi connectivity index (χ2v) is 6.51. The third-order valence-electron chi connectivity index (χ3n) is 4.34. The molecule has 0 saturated carbocycles. The minimum atomic E-state index is -0.438. The van der Waals surface area contributed by atoms with Crippen molar-refractivity contribution >= 4 is 17.7 Å². The third kappa shape index (κ3) is 5.39. The maximum atomic E-state index is 12.1. The van der Waals surface area contributed by atoms with Gasteiger partial charge in [-0.05, 0) is 24.6 Å². The van der Waals surface area contributed by atoms with Gasteiger partial charge in [0, 0.05) is 11.8 Å². The molecule has 2 heterocycles. The van der Waals surface area contributed by atoms with E-state index in [9.17, 15) is 9.90 Å². The molecular weight excluding hydrogens is 400 g/mol. The molecule has 3 aromatic rings. The fourth-order valence-corrected chi connectivity index (χ4v) is 2.74. The number of aromatic hydroxyl groups is 1. The number of benzene rings is 1. The van der Waals surface area contributed by atoms with E-state index in [1.54, 1.807) is 41.3 Å². The van der Waals surface area contributed by atoms with Gasteiger partial charge in [-0.15, -0.1) is 0 Å². The topological polar surface area (TPSA) is 107 Å². The summed E-state index contributed by atoms with van der Waals surface area (Å²) in [7, 11) is 2.99. The van der Waals surface area contributed by atoms with Gasteiger partial charge in [-0.3, -0.25) is 4.90 Å². The number of carbonyl (C=O) groups is 1. The van der Waals surface area contributed by atoms with Crippen LogP contribution in [0.1, 0.15) is 29.3 Å². The van der Waals surface area contributed by atoms with E-state index in [0.29, 0.717) is 35.3 Å². The molecule has 162 valence electrons. The van der Waals surface area contributed by atoms with Crippen LogP contribution in [-0.4, -0.2) is 46.9 Å². The van der Waals surface area contributed by atoms with Crippen LogP contribution in [-0.2, 0) is 11.3 Å². The molecule has 0 unspecified atom stereocenters. The molecule has 31 heavy (non-hydrogen) atoms. The highest BCUT2D eigenvalue weighted by molar-refractivity contribution is 5.89. The van der Waals surface area contributed by atoms with Gasteiger partial charge in [-0.25, -0.2) is 9.78 Å². The number of pyridine rings is 1. The Labute approximate surface area is 180 Å². The minimum absolute atomic E-state index is 0.127. The van der Waals surface area contributed by atoms with Crippen LogP contribution in [0.4, 0.5) is 11.8 Å². The van der Waals surface area contributed by atoms with Crippen LogP contribution in [0.3, 0.4) is 0 Å². The summed E-state index contributed by atoms with van der Waals surface area (Å²) < 4.78 is 15.7. The molecule has 3 rings (SSSR count). The van der Waals surface area contributed by atoms with E-state index >= 15 is 0 Å². The fourth-order valence-electron chi connectivity index (χ4n) is 2.74. The van der Waals surface area contributed by atoms with Crippen LogP contribution < -0.4 is 14.4 Å². The summed E-state index contributed by atoms with van der Waals surface area (Å²) in [5.41, 5.74) is 0.977. The van der Waals surface area contributed by atoms with E-state index in [0.717, 1.165) is 6.42 Å². The average molecular weight is 424 g/mol. The minimum Gasteiger partial charge on any atom is -0.508 e. The normalized spacial score (nSPS) is 10.4. The van der Waals surface area contributed by atoms with Crippen molar-refractivity contribution < 1.29 is 24.1 Å². The first kappa shape index (κ1) is 21.8. The van der Waals surface area contributed by atoms with Crippen molar-refractivity contribution in [2.24, 2.45) is 0 Å². The van der Waals surface area contributed by atoms with E-state index in [1.807, 2.05) is 13.0 Å². The molecule has 9 heteroatoms. The molecule has 0 radical (unpaired) electrons. The number of phenolic OH excluding ortho intramolecular Hbond substituents is 1. The summed E-state index contributed by atoms with van der Waals surface area (Å²) in [6, 6.07) is 11.8. The molecule has 0 aliphatic carbocycles. The smallest absolute Gasteiger partial charge is 0.339 e. The molecular formula is C22H24N4O5. The average Bonchev–Trinajstić information content (AvgIpc) is 2.81. The van der Waals surface area contributed by atoms with E-state index in [2.05, 4.69) is 15.0 Å². The monoisotopic (exact) mass is 424 g/mol. The summed E-state index contributed by atoms with van der Waals surface area (Å²) in [6.45, 7) is 2.49. The Morgan fingerprint density at radius 2 is 1.77 bits per heavy atom. The molecule has 0 saturated heterocycles. The van der Waals surface area contributed by atoms with Crippen LogP contribution in [0.2, 0.25) is 0 Å². The SMILES string of the molecule is CCCOC(=O)c1ccc(N(Cc2ccccc2O)c2nc(OC)cc(OC)n2)nc1. The number of hydrogen-bond donors (Lipinski definition) is 1. The third-order valence-corrected chi connectivity index (χ3v) is 4.34. The Morgan fingerprint density at radius 3 is 2.35 bits per heavy atom. The van der Waals surface area contributed by atoms with Gasteiger partial charge in [-0.2, -0.15) is 9.97 Å². The van der Waals surface area contributed by atoms with Crippen LogP contribution in [0.15, 0.2) is 48.7 Å². The zero-order chi connectivity index (χ0) is 22.2. The number of methoxy groups -OCH3 is 2. The molecule has 0 amide bonds. The first-order valence-electron chi connectivity index (χ1n) is 9.70. The number of anilines is 2. The summed E-state index contributed by atoms with van der Waals surface area (Å²) in [5, 5.41) is 10.3. The predicted octanol–water partition coefficient (Wildman–Crippen LogP) is 3.50. The van der Waals surface area contributed by atoms with Crippen molar-refractivity contribution in [2.75, 3.05) is 25.7 Å². The van der Waals surface area contributed by atoms with Gasteiger partial charge in [0.2, 0.25) is 17.7 Å².